The zero-order valence-electron chi connectivity index (χ0n) is 5.91. The second-order valence-corrected chi connectivity index (χ2v) is 1.67. The molecule has 0 amide bonds. The number of benzene rings is 1. The molecule has 2 heteroatoms. The van der Waals surface area contributed by atoms with Gasteiger partial charge in [-0.05, 0) is 6.54 Å². The van der Waals surface area contributed by atoms with E-state index in [0.717, 1.165) is 5.56 Å². The Kier molecular flexibility index (Phi) is 4.59. The molecule has 1 aromatic carbocycles. The quantitative estimate of drug-likeness (QED) is 0.337. The zero-order chi connectivity index (χ0) is 6.53. The van der Waals surface area contributed by atoms with Crippen molar-refractivity contribution in [3.05, 3.63) is 53.9 Å². The summed E-state index contributed by atoms with van der Waals surface area (Å²) in [6, 6.07) is 9.56. The molecule has 44 valence electrons. The molecule has 0 radical (unpaired) electrons. The molecule has 0 unspecified atom stereocenters. The molecule has 0 spiro atoms. The molecule has 10 heavy (non-hydrogen) atoms. The fourth-order valence-corrected chi connectivity index (χ4v) is 0.614. The van der Waals surface area contributed by atoms with Crippen LogP contribution in [0.4, 0.5) is 0 Å². The van der Waals surface area contributed by atoms with Crippen LogP contribution in [0.3, 0.4) is 0 Å². The van der Waals surface area contributed by atoms with Crippen LogP contribution in [-0.2, 0) is 0 Å². The van der Waals surface area contributed by atoms with E-state index in [0.29, 0.717) is 0 Å². The molecule has 1 rings (SSSR count). The van der Waals surface area contributed by atoms with Gasteiger partial charge in [0.25, 0.3) is 0 Å². The van der Waals surface area contributed by atoms with Crippen LogP contribution in [0.25, 0.3) is 4.85 Å². The van der Waals surface area contributed by atoms with Gasteiger partial charge in [-0.25, -0.2) is 0 Å². The van der Waals surface area contributed by atoms with E-state index in [1.165, 1.54) is 6.54 Å². The number of hydrogen-bond acceptors (Lipinski definition) is 0. The summed E-state index contributed by atoms with van der Waals surface area (Å²) in [4.78, 5) is 3.13. The van der Waals surface area contributed by atoms with E-state index in [9.17, 15) is 0 Å². The van der Waals surface area contributed by atoms with Gasteiger partial charge in [0.1, 0.15) is 0 Å². The van der Waals surface area contributed by atoms with Crippen molar-refractivity contribution < 1.29 is 18.9 Å². The summed E-state index contributed by atoms with van der Waals surface area (Å²) in [6.45, 7) is 8.01. The topological polar surface area (TPSA) is 4.36 Å². The molecule has 1 nitrogen and oxygen atoms in total. The first kappa shape index (κ1) is 9.18. The Bertz CT molecular complexity index is 212. The average molecular weight is 123 g/mol. The van der Waals surface area contributed by atoms with Crippen molar-refractivity contribution in [2.24, 2.45) is 0 Å². The smallest absolute Gasteiger partial charge is 0.457 e. The van der Waals surface area contributed by atoms with Crippen molar-refractivity contribution in [3.8, 4) is 0 Å². The summed E-state index contributed by atoms with van der Waals surface area (Å²) >= 11 is 0. The number of rotatable bonds is 1. The third kappa shape index (κ3) is 2.64. The van der Waals surface area contributed by atoms with E-state index < -0.39 is 0 Å². The summed E-state index contributed by atoms with van der Waals surface area (Å²) < 4.78 is 0. The molecular weight excluding hydrogens is 117 g/mol. The molecule has 0 N–H and O–H groups in total. The Balaban J connectivity index is 0.000000810. The zero-order valence-corrected chi connectivity index (χ0v) is 5.91. The van der Waals surface area contributed by atoms with Gasteiger partial charge in [-0.15, -0.1) is 5.56 Å². The van der Waals surface area contributed by atoms with Crippen molar-refractivity contribution >= 4 is 0 Å². The maximum absolute atomic E-state index is 6.51. The van der Waals surface area contributed by atoms with Crippen molar-refractivity contribution in [3.63, 3.8) is 0 Å². The molecule has 0 aliphatic rings. The molecule has 1 aromatic rings. The summed E-state index contributed by atoms with van der Waals surface area (Å²) in [7, 11) is 0. The van der Waals surface area contributed by atoms with E-state index in [2.05, 4.69) is 4.85 Å². The van der Waals surface area contributed by atoms with E-state index in [-0.39, 0.29) is 18.9 Å². The predicted molar refractivity (Wildman–Crippen MR) is 36.4 cm³/mol. The van der Waals surface area contributed by atoms with Crippen molar-refractivity contribution in [2.45, 2.75) is 0 Å². The maximum atomic E-state index is 6.51. The second-order valence-electron chi connectivity index (χ2n) is 1.67. The molecule has 0 bridgehead atoms. The molecule has 0 aliphatic heterocycles. The summed E-state index contributed by atoms with van der Waals surface area (Å²) in [5.74, 6) is 0. The van der Waals surface area contributed by atoms with Gasteiger partial charge in [0, 0.05) is 0 Å². The van der Waals surface area contributed by atoms with E-state index in [1.807, 2.05) is 30.3 Å². The Morgan fingerprint density at radius 2 is 1.80 bits per heavy atom. The largest absolute Gasteiger partial charge is 1.00 e. The van der Waals surface area contributed by atoms with Crippen LogP contribution in [-0.4, -0.2) is 0 Å². The fourth-order valence-electron chi connectivity index (χ4n) is 0.614. The van der Waals surface area contributed by atoms with Crippen LogP contribution in [0, 0.1) is 13.1 Å². The van der Waals surface area contributed by atoms with Crippen LogP contribution < -0.4 is 18.9 Å². The first-order valence-corrected chi connectivity index (χ1v) is 2.68. The summed E-state index contributed by atoms with van der Waals surface area (Å²) in [5, 5.41) is 0. The number of nitrogens with zero attached hydrogens (tertiary/aromatic N) is 1. The average Bonchev–Trinajstić information content (AvgIpc) is 1.91. The van der Waals surface area contributed by atoms with Gasteiger partial charge < -0.3 is 4.85 Å². The van der Waals surface area contributed by atoms with Gasteiger partial charge in [0.05, 0.1) is 0 Å². The van der Waals surface area contributed by atoms with Gasteiger partial charge >= 0.3 is 18.9 Å². The summed E-state index contributed by atoms with van der Waals surface area (Å²) in [6.07, 6.45) is 0. The first-order chi connectivity index (χ1) is 4.43. The first-order valence-electron chi connectivity index (χ1n) is 2.68. The summed E-state index contributed by atoms with van der Waals surface area (Å²) in [5.41, 5.74) is 0.965. The van der Waals surface area contributed by atoms with Gasteiger partial charge in [0.2, 0.25) is 0 Å². The van der Waals surface area contributed by atoms with Gasteiger partial charge in [-0.2, -0.15) is 0 Å². The normalized spacial score (nSPS) is 7.10. The van der Waals surface area contributed by atoms with Crippen molar-refractivity contribution in [1.29, 1.82) is 0 Å². The van der Waals surface area contributed by atoms with Crippen molar-refractivity contribution in [1.82, 2.24) is 0 Å². The molecule has 0 aliphatic carbocycles. The fraction of sp³-hybridized carbons (Fsp3) is 0. The minimum absolute atomic E-state index is 0. The van der Waals surface area contributed by atoms with E-state index in [1.54, 1.807) is 0 Å². The maximum Gasteiger partial charge on any atom is 1.00 e. The minimum atomic E-state index is 0. The van der Waals surface area contributed by atoms with Gasteiger partial charge in [-0.3, -0.25) is 6.57 Å². The molecular formula is C8H6LiN. The van der Waals surface area contributed by atoms with Gasteiger partial charge in [0.15, 0.2) is 0 Å². The number of hydrogen-bond donors (Lipinski definition) is 0. The molecule has 0 atom stereocenters. The second kappa shape index (κ2) is 5.00. The molecule has 0 fully saturated rings. The molecule has 0 saturated carbocycles. The minimum Gasteiger partial charge on any atom is -0.457 e. The molecule has 0 saturated heterocycles. The SMILES string of the molecule is [C-]#[N+][CH-]c1ccccc1.[Li+]. The Morgan fingerprint density at radius 3 is 2.30 bits per heavy atom. The van der Waals surface area contributed by atoms with Crippen LogP contribution in [0.5, 0.6) is 0 Å². The van der Waals surface area contributed by atoms with Crippen LogP contribution in [0.1, 0.15) is 5.56 Å². The standard InChI is InChI=1S/C8H6N.Li/c1-9-7-8-5-3-2-4-6-8;/h2-7H;/q-1;+1. The van der Waals surface area contributed by atoms with E-state index in [4.69, 9.17) is 6.57 Å². The van der Waals surface area contributed by atoms with Crippen LogP contribution in [0.15, 0.2) is 30.3 Å². The Hall–Kier alpha value is -0.823. The van der Waals surface area contributed by atoms with Gasteiger partial charge in [-0.1, -0.05) is 30.3 Å². The Morgan fingerprint density at radius 1 is 1.20 bits per heavy atom. The van der Waals surface area contributed by atoms with Crippen molar-refractivity contribution in [2.75, 3.05) is 0 Å². The van der Waals surface area contributed by atoms with E-state index >= 15 is 0 Å². The predicted octanol–water partition coefficient (Wildman–Crippen LogP) is -0.880. The third-order valence-corrected chi connectivity index (χ3v) is 1.01. The Labute approximate surface area is 73.1 Å². The molecule has 0 heterocycles. The third-order valence-electron chi connectivity index (χ3n) is 1.01. The molecule has 0 aromatic heterocycles. The van der Waals surface area contributed by atoms with Crippen LogP contribution in [0.2, 0.25) is 0 Å². The van der Waals surface area contributed by atoms with Crippen LogP contribution >= 0.6 is 0 Å². The monoisotopic (exact) mass is 123 g/mol.